The summed E-state index contributed by atoms with van der Waals surface area (Å²) in [4.78, 5) is 11.2. The maximum absolute atomic E-state index is 13.1. The Kier molecular flexibility index (Phi) is 3.83. The first kappa shape index (κ1) is 15.2. The van der Waals surface area contributed by atoms with E-state index in [1.54, 1.807) is 18.2 Å². The van der Waals surface area contributed by atoms with E-state index < -0.39 is 15.8 Å². The third-order valence-electron chi connectivity index (χ3n) is 3.38. The normalized spacial score (nSPS) is 11.3. The Morgan fingerprint density at radius 2 is 1.61 bits per heavy atom. The predicted octanol–water partition coefficient (Wildman–Crippen LogP) is 3.34. The molecular formula is C17H12FNO3S. The molecule has 4 nitrogen and oxygen atoms in total. The fraction of sp³-hybridized carbons (Fsp3) is 0. The summed E-state index contributed by atoms with van der Waals surface area (Å²) >= 11 is 0. The van der Waals surface area contributed by atoms with Crippen molar-refractivity contribution in [2.75, 3.05) is 0 Å². The minimum absolute atomic E-state index is 0.108. The van der Waals surface area contributed by atoms with Gasteiger partial charge in [-0.05, 0) is 48.0 Å². The molecule has 0 amide bonds. The van der Waals surface area contributed by atoms with Crippen molar-refractivity contribution in [3.8, 4) is 11.3 Å². The average Bonchev–Trinajstić information content (AvgIpc) is 3.01. The zero-order chi connectivity index (χ0) is 16.4. The molecule has 0 aliphatic carbocycles. The van der Waals surface area contributed by atoms with Crippen LogP contribution in [0.2, 0.25) is 0 Å². The van der Waals surface area contributed by atoms with Crippen molar-refractivity contribution < 1.29 is 17.6 Å². The van der Waals surface area contributed by atoms with Crippen LogP contribution < -0.4 is 0 Å². The van der Waals surface area contributed by atoms with Crippen molar-refractivity contribution in [3.63, 3.8) is 0 Å². The van der Waals surface area contributed by atoms with E-state index in [0.29, 0.717) is 17.5 Å². The molecule has 1 heterocycles. The van der Waals surface area contributed by atoms with E-state index in [1.165, 1.54) is 48.7 Å². The average molecular weight is 329 g/mol. The molecule has 0 saturated carbocycles. The molecule has 23 heavy (non-hydrogen) atoms. The maximum Gasteiger partial charge on any atom is 0.268 e. The number of halogens is 1. The van der Waals surface area contributed by atoms with Crippen molar-refractivity contribution in [1.29, 1.82) is 0 Å². The molecule has 3 aromatic rings. The van der Waals surface area contributed by atoms with Gasteiger partial charge in [-0.25, -0.2) is 16.8 Å². The number of carbonyl (C=O) groups excluding carboxylic acids is 1. The largest absolute Gasteiger partial charge is 0.298 e. The smallest absolute Gasteiger partial charge is 0.268 e. The molecule has 0 aliphatic rings. The van der Waals surface area contributed by atoms with Crippen LogP contribution >= 0.6 is 0 Å². The molecular weight excluding hydrogens is 317 g/mol. The number of benzene rings is 2. The van der Waals surface area contributed by atoms with Crippen LogP contribution in [0.3, 0.4) is 0 Å². The van der Waals surface area contributed by atoms with Crippen LogP contribution in [0, 0.1) is 5.82 Å². The summed E-state index contributed by atoms with van der Waals surface area (Å²) in [5, 5.41) is 0. The minimum atomic E-state index is -3.85. The van der Waals surface area contributed by atoms with Gasteiger partial charge in [0, 0.05) is 11.8 Å². The van der Waals surface area contributed by atoms with Gasteiger partial charge in [0.1, 0.15) is 5.82 Å². The molecule has 0 saturated heterocycles. The number of nitrogens with zero attached hydrogens (tertiary/aromatic N) is 1. The van der Waals surface area contributed by atoms with Crippen LogP contribution in [0.1, 0.15) is 10.4 Å². The highest BCUT2D eigenvalue weighted by atomic mass is 32.2. The zero-order valence-electron chi connectivity index (χ0n) is 11.9. The summed E-state index contributed by atoms with van der Waals surface area (Å²) < 4.78 is 39.7. The molecule has 0 unspecified atom stereocenters. The van der Waals surface area contributed by atoms with Gasteiger partial charge in [0.15, 0.2) is 6.29 Å². The van der Waals surface area contributed by atoms with Crippen LogP contribution in [0.25, 0.3) is 11.3 Å². The second kappa shape index (κ2) is 5.81. The SMILES string of the molecule is O=Cc1cc(-c2ccc(F)cc2)n(S(=O)(=O)c2ccccc2)c1. The Bertz CT molecular complexity index is 945. The first-order valence-corrected chi connectivity index (χ1v) is 8.20. The summed E-state index contributed by atoms with van der Waals surface area (Å²) in [6.07, 6.45) is 1.83. The Morgan fingerprint density at radius 1 is 0.957 bits per heavy atom. The van der Waals surface area contributed by atoms with Gasteiger partial charge >= 0.3 is 0 Å². The zero-order valence-corrected chi connectivity index (χ0v) is 12.7. The molecule has 0 atom stereocenters. The number of hydrogen-bond donors (Lipinski definition) is 0. The summed E-state index contributed by atoms with van der Waals surface area (Å²) in [6.45, 7) is 0. The van der Waals surface area contributed by atoms with Crippen LogP contribution in [-0.4, -0.2) is 18.7 Å². The summed E-state index contributed by atoms with van der Waals surface area (Å²) in [7, 11) is -3.85. The van der Waals surface area contributed by atoms with E-state index in [2.05, 4.69) is 0 Å². The highest BCUT2D eigenvalue weighted by molar-refractivity contribution is 7.90. The van der Waals surface area contributed by atoms with Gasteiger partial charge in [-0.3, -0.25) is 4.79 Å². The summed E-state index contributed by atoms with van der Waals surface area (Å²) in [6, 6.07) is 14.8. The van der Waals surface area contributed by atoms with Gasteiger partial charge in [0.2, 0.25) is 0 Å². The lowest BCUT2D eigenvalue weighted by molar-refractivity contribution is 0.112. The topological polar surface area (TPSA) is 56.1 Å². The van der Waals surface area contributed by atoms with Crippen molar-refractivity contribution in [1.82, 2.24) is 3.97 Å². The first-order valence-electron chi connectivity index (χ1n) is 6.76. The minimum Gasteiger partial charge on any atom is -0.298 e. The number of aromatic nitrogens is 1. The molecule has 0 bridgehead atoms. The molecule has 6 heteroatoms. The molecule has 3 rings (SSSR count). The van der Waals surface area contributed by atoms with Crippen molar-refractivity contribution in [2.24, 2.45) is 0 Å². The van der Waals surface area contributed by atoms with Crippen LogP contribution in [0.5, 0.6) is 0 Å². The second-order valence-corrected chi connectivity index (χ2v) is 6.71. The Labute approximate surface area is 132 Å². The summed E-state index contributed by atoms with van der Waals surface area (Å²) in [5.41, 5.74) is 1.03. The van der Waals surface area contributed by atoms with Gasteiger partial charge < -0.3 is 0 Å². The molecule has 116 valence electrons. The number of carbonyl (C=O) groups is 1. The van der Waals surface area contributed by atoms with Gasteiger partial charge in [0.25, 0.3) is 10.0 Å². The van der Waals surface area contributed by atoms with Gasteiger partial charge in [-0.15, -0.1) is 0 Å². The molecule has 0 N–H and O–H groups in total. The number of rotatable bonds is 4. The highest BCUT2D eigenvalue weighted by Crippen LogP contribution is 2.26. The quantitative estimate of drug-likeness (QED) is 0.690. The monoisotopic (exact) mass is 329 g/mol. The van der Waals surface area contributed by atoms with Crippen LogP contribution in [0.4, 0.5) is 4.39 Å². The Morgan fingerprint density at radius 3 is 2.22 bits per heavy atom. The van der Waals surface area contributed by atoms with Gasteiger partial charge in [-0.2, -0.15) is 0 Å². The van der Waals surface area contributed by atoms with E-state index >= 15 is 0 Å². The van der Waals surface area contributed by atoms with E-state index in [1.807, 2.05) is 0 Å². The van der Waals surface area contributed by atoms with Gasteiger partial charge in [0.05, 0.1) is 10.6 Å². The summed E-state index contributed by atoms with van der Waals surface area (Å²) in [5.74, 6) is -0.423. The first-order chi connectivity index (χ1) is 11.0. The second-order valence-electron chi connectivity index (χ2n) is 4.90. The van der Waals surface area contributed by atoms with Crippen molar-refractivity contribution >= 4 is 16.3 Å². The molecule has 0 radical (unpaired) electrons. The van der Waals surface area contributed by atoms with E-state index in [4.69, 9.17) is 0 Å². The van der Waals surface area contributed by atoms with E-state index in [0.717, 1.165) is 3.97 Å². The standard InChI is InChI=1S/C17H12FNO3S/c18-15-8-6-14(7-9-15)17-10-13(12-20)11-19(17)23(21,22)16-4-2-1-3-5-16/h1-12H. The molecule has 0 aliphatic heterocycles. The number of hydrogen-bond acceptors (Lipinski definition) is 3. The van der Waals surface area contributed by atoms with Crippen molar-refractivity contribution in [2.45, 2.75) is 4.90 Å². The van der Waals surface area contributed by atoms with Crippen molar-refractivity contribution in [3.05, 3.63) is 78.2 Å². The fourth-order valence-electron chi connectivity index (χ4n) is 2.26. The van der Waals surface area contributed by atoms with E-state index in [9.17, 15) is 17.6 Å². The van der Waals surface area contributed by atoms with Crippen LogP contribution in [0.15, 0.2) is 71.8 Å². The fourth-order valence-corrected chi connectivity index (χ4v) is 3.67. The lowest BCUT2D eigenvalue weighted by atomic mass is 10.1. The molecule has 0 fully saturated rings. The predicted molar refractivity (Wildman–Crippen MR) is 84.2 cm³/mol. The Hall–Kier alpha value is -2.73. The van der Waals surface area contributed by atoms with Gasteiger partial charge in [-0.1, -0.05) is 18.2 Å². The Balaban J connectivity index is 2.22. The lowest BCUT2D eigenvalue weighted by Gasteiger charge is -2.10. The molecule has 2 aromatic carbocycles. The third kappa shape index (κ3) is 2.80. The highest BCUT2D eigenvalue weighted by Gasteiger charge is 2.21. The lowest BCUT2D eigenvalue weighted by Crippen LogP contribution is -2.13. The van der Waals surface area contributed by atoms with E-state index in [-0.39, 0.29) is 10.5 Å². The molecule has 1 aromatic heterocycles. The maximum atomic E-state index is 13.1. The molecule has 0 spiro atoms. The number of aldehydes is 1. The third-order valence-corrected chi connectivity index (χ3v) is 5.07. The van der Waals surface area contributed by atoms with Crippen LogP contribution in [-0.2, 0) is 10.0 Å².